The fraction of sp³-hybridized carbons (Fsp3) is 0.269. The van der Waals surface area contributed by atoms with Gasteiger partial charge in [0.1, 0.15) is 23.1 Å². The summed E-state index contributed by atoms with van der Waals surface area (Å²) in [5.41, 5.74) is 2.90. The highest BCUT2D eigenvalue weighted by Crippen LogP contribution is 2.31. The highest BCUT2D eigenvalue weighted by atomic mass is 19.1. The van der Waals surface area contributed by atoms with Gasteiger partial charge in [-0.1, -0.05) is 0 Å². The fourth-order valence-electron chi connectivity index (χ4n) is 4.07. The molecule has 0 amide bonds. The Bertz CT molecular complexity index is 1260. The molecular formula is C26H25F2N5O2. The molecule has 0 saturated carbocycles. The number of rotatable bonds is 8. The lowest BCUT2D eigenvalue weighted by molar-refractivity contribution is 0.0369. The number of morpholine rings is 1. The van der Waals surface area contributed by atoms with E-state index in [1.807, 2.05) is 0 Å². The molecular weight excluding hydrogens is 452 g/mol. The van der Waals surface area contributed by atoms with Crippen molar-refractivity contribution in [1.29, 1.82) is 0 Å². The third kappa shape index (κ3) is 5.70. The van der Waals surface area contributed by atoms with Crippen molar-refractivity contribution in [1.82, 2.24) is 24.4 Å². The van der Waals surface area contributed by atoms with Crippen molar-refractivity contribution >= 4 is 0 Å². The van der Waals surface area contributed by atoms with Crippen LogP contribution in [0.2, 0.25) is 0 Å². The summed E-state index contributed by atoms with van der Waals surface area (Å²) < 4.78 is 40.1. The molecule has 1 aliphatic rings. The Kier molecular flexibility index (Phi) is 7.06. The first kappa shape index (κ1) is 23.1. The summed E-state index contributed by atoms with van der Waals surface area (Å²) in [6, 6.07) is 13.9. The van der Waals surface area contributed by atoms with E-state index < -0.39 is 0 Å². The van der Waals surface area contributed by atoms with Gasteiger partial charge in [-0.25, -0.2) is 18.7 Å². The molecule has 9 heteroatoms. The molecule has 0 unspecified atom stereocenters. The van der Waals surface area contributed by atoms with E-state index in [4.69, 9.17) is 9.47 Å². The molecule has 1 saturated heterocycles. The van der Waals surface area contributed by atoms with Crippen LogP contribution in [0.15, 0.2) is 67.1 Å². The van der Waals surface area contributed by atoms with Crippen molar-refractivity contribution in [3.05, 3.63) is 78.8 Å². The Labute approximate surface area is 202 Å². The third-order valence-corrected chi connectivity index (χ3v) is 5.83. The Morgan fingerprint density at radius 3 is 2.31 bits per heavy atom. The van der Waals surface area contributed by atoms with Crippen molar-refractivity contribution < 1.29 is 18.3 Å². The fourth-order valence-corrected chi connectivity index (χ4v) is 4.07. The molecule has 0 bridgehead atoms. The van der Waals surface area contributed by atoms with Crippen molar-refractivity contribution in [3.63, 3.8) is 0 Å². The maximum absolute atomic E-state index is 13.6. The SMILES string of the molecule is Fc1ccc(Oc2nccc(-c3ncn(CCCN4CCOCC4)c3-c3ccc(F)cc3)n2)cc1. The molecule has 0 spiro atoms. The van der Waals surface area contributed by atoms with E-state index in [1.54, 1.807) is 30.7 Å². The van der Waals surface area contributed by atoms with Crippen LogP contribution in [0.5, 0.6) is 11.8 Å². The average molecular weight is 478 g/mol. The van der Waals surface area contributed by atoms with Crippen LogP contribution in [-0.2, 0) is 11.3 Å². The second-order valence-corrected chi connectivity index (χ2v) is 8.23. The molecule has 0 aliphatic carbocycles. The maximum Gasteiger partial charge on any atom is 0.322 e. The summed E-state index contributed by atoms with van der Waals surface area (Å²) in [5.74, 6) is -0.225. The van der Waals surface area contributed by atoms with Gasteiger partial charge in [0.05, 0.1) is 30.9 Å². The predicted octanol–water partition coefficient (Wildman–Crippen LogP) is 4.80. The smallest absolute Gasteiger partial charge is 0.322 e. The minimum atomic E-state index is -0.352. The zero-order valence-electron chi connectivity index (χ0n) is 19.1. The molecule has 1 aliphatic heterocycles. The zero-order chi connectivity index (χ0) is 24.0. The van der Waals surface area contributed by atoms with Crippen molar-refractivity contribution in [2.45, 2.75) is 13.0 Å². The van der Waals surface area contributed by atoms with Gasteiger partial charge in [-0.15, -0.1) is 0 Å². The third-order valence-electron chi connectivity index (χ3n) is 5.83. The number of aryl methyl sites for hydroxylation is 1. The number of nitrogens with zero attached hydrogens (tertiary/aromatic N) is 5. The molecule has 180 valence electrons. The molecule has 3 heterocycles. The molecule has 2 aromatic carbocycles. The highest BCUT2D eigenvalue weighted by Gasteiger charge is 2.18. The number of halogens is 2. The predicted molar refractivity (Wildman–Crippen MR) is 127 cm³/mol. The summed E-state index contributed by atoms with van der Waals surface area (Å²) in [4.78, 5) is 15.8. The maximum atomic E-state index is 13.6. The largest absolute Gasteiger partial charge is 0.424 e. The Morgan fingerprint density at radius 1 is 0.857 bits per heavy atom. The summed E-state index contributed by atoms with van der Waals surface area (Å²) in [6.07, 6.45) is 4.32. The number of ether oxygens (including phenoxy) is 2. The first-order valence-corrected chi connectivity index (χ1v) is 11.5. The van der Waals surface area contributed by atoms with E-state index in [0.717, 1.165) is 57.1 Å². The first-order chi connectivity index (χ1) is 17.2. The van der Waals surface area contributed by atoms with Gasteiger partial charge in [-0.3, -0.25) is 4.90 Å². The van der Waals surface area contributed by atoms with Gasteiger partial charge >= 0.3 is 6.01 Å². The molecule has 0 radical (unpaired) electrons. The van der Waals surface area contributed by atoms with Gasteiger partial charge in [-0.05, 0) is 61.0 Å². The van der Waals surface area contributed by atoms with Gasteiger partial charge in [0.15, 0.2) is 0 Å². The minimum Gasteiger partial charge on any atom is -0.424 e. The number of aromatic nitrogens is 4. The monoisotopic (exact) mass is 477 g/mol. The van der Waals surface area contributed by atoms with Gasteiger partial charge in [0, 0.05) is 37.9 Å². The highest BCUT2D eigenvalue weighted by molar-refractivity contribution is 5.76. The molecule has 5 rings (SSSR count). The Balaban J connectivity index is 1.41. The van der Waals surface area contributed by atoms with Crippen molar-refractivity contribution in [3.8, 4) is 34.4 Å². The standard InChI is InChI=1S/C26H25F2N5O2/c27-20-4-2-19(3-5-20)25-24(30-18-33(25)13-1-12-32-14-16-34-17-15-32)23-10-11-29-26(31-23)35-22-8-6-21(28)7-9-22/h2-11,18H,1,12-17H2. The summed E-state index contributed by atoms with van der Waals surface area (Å²) in [5, 5.41) is 0. The molecule has 7 nitrogen and oxygen atoms in total. The second-order valence-electron chi connectivity index (χ2n) is 8.23. The quantitative estimate of drug-likeness (QED) is 0.363. The number of benzene rings is 2. The van der Waals surface area contributed by atoms with Crippen LogP contribution in [0.25, 0.3) is 22.6 Å². The molecule has 35 heavy (non-hydrogen) atoms. The van der Waals surface area contributed by atoms with Crippen LogP contribution >= 0.6 is 0 Å². The van der Waals surface area contributed by atoms with E-state index >= 15 is 0 Å². The van der Waals surface area contributed by atoms with Crippen LogP contribution in [0.1, 0.15) is 6.42 Å². The summed E-state index contributed by atoms with van der Waals surface area (Å²) in [7, 11) is 0. The van der Waals surface area contributed by atoms with Gasteiger partial charge < -0.3 is 14.0 Å². The topological polar surface area (TPSA) is 65.3 Å². The normalized spacial score (nSPS) is 14.2. The van der Waals surface area contributed by atoms with Crippen LogP contribution in [-0.4, -0.2) is 57.3 Å². The van der Waals surface area contributed by atoms with Crippen LogP contribution < -0.4 is 4.74 Å². The lowest BCUT2D eigenvalue weighted by Crippen LogP contribution is -2.37. The lowest BCUT2D eigenvalue weighted by atomic mass is 10.1. The number of imidazole rings is 1. The Morgan fingerprint density at radius 2 is 1.57 bits per heavy atom. The van der Waals surface area contributed by atoms with Crippen LogP contribution in [0.3, 0.4) is 0 Å². The van der Waals surface area contributed by atoms with E-state index in [0.29, 0.717) is 17.1 Å². The van der Waals surface area contributed by atoms with Gasteiger partial charge in [0.25, 0.3) is 0 Å². The zero-order valence-corrected chi connectivity index (χ0v) is 19.1. The molecule has 0 atom stereocenters. The molecule has 1 fully saturated rings. The van der Waals surface area contributed by atoms with Gasteiger partial charge in [0.2, 0.25) is 0 Å². The van der Waals surface area contributed by atoms with Crippen LogP contribution in [0.4, 0.5) is 8.78 Å². The molecule has 0 N–H and O–H groups in total. The van der Waals surface area contributed by atoms with Crippen molar-refractivity contribution in [2.75, 3.05) is 32.8 Å². The summed E-state index contributed by atoms with van der Waals surface area (Å²) >= 11 is 0. The lowest BCUT2D eigenvalue weighted by Gasteiger charge is -2.26. The van der Waals surface area contributed by atoms with E-state index in [1.165, 1.54) is 36.4 Å². The molecule has 2 aromatic heterocycles. The average Bonchev–Trinajstić information content (AvgIpc) is 3.31. The van der Waals surface area contributed by atoms with Crippen LogP contribution in [0, 0.1) is 11.6 Å². The molecule has 4 aromatic rings. The number of hydrogen-bond acceptors (Lipinski definition) is 6. The van der Waals surface area contributed by atoms with E-state index in [2.05, 4.69) is 24.4 Å². The number of hydrogen-bond donors (Lipinski definition) is 0. The van der Waals surface area contributed by atoms with E-state index in [9.17, 15) is 8.78 Å². The first-order valence-electron chi connectivity index (χ1n) is 11.5. The minimum absolute atomic E-state index is 0.126. The van der Waals surface area contributed by atoms with Gasteiger partial charge in [-0.2, -0.15) is 4.98 Å². The summed E-state index contributed by atoms with van der Waals surface area (Å²) in [6.45, 7) is 5.14. The Hall–Kier alpha value is -3.69. The van der Waals surface area contributed by atoms with Crippen molar-refractivity contribution in [2.24, 2.45) is 0 Å². The second kappa shape index (κ2) is 10.7. The van der Waals surface area contributed by atoms with E-state index in [-0.39, 0.29) is 17.6 Å².